The molecule has 11 heteroatoms. The number of amidine groups is 1. The second-order valence-electron chi connectivity index (χ2n) is 7.94. The summed E-state index contributed by atoms with van der Waals surface area (Å²) in [5, 5.41) is 23.4. The molecule has 0 aliphatic carbocycles. The number of nitrogens with two attached hydrogens (primary N) is 1. The number of benzene rings is 1. The largest absolute Gasteiger partial charge is 0.460 e. The van der Waals surface area contributed by atoms with E-state index in [-0.39, 0.29) is 36.2 Å². The van der Waals surface area contributed by atoms with Gasteiger partial charge in [-0.05, 0) is 45.4 Å². The van der Waals surface area contributed by atoms with Crippen molar-refractivity contribution in [3.8, 4) is 6.07 Å². The lowest BCUT2D eigenvalue weighted by molar-refractivity contribution is -0.143. The number of nitrogens with zero attached hydrogens (tertiary/aromatic N) is 2. The number of ether oxygens (including phenoxy) is 3. The zero-order valence-corrected chi connectivity index (χ0v) is 20.4. The fourth-order valence-electron chi connectivity index (χ4n) is 3.50. The van der Waals surface area contributed by atoms with Gasteiger partial charge in [-0.3, -0.25) is 10.8 Å². The van der Waals surface area contributed by atoms with Gasteiger partial charge >= 0.3 is 11.9 Å². The highest BCUT2D eigenvalue weighted by Gasteiger charge is 2.38. The van der Waals surface area contributed by atoms with Crippen LogP contribution in [0, 0.1) is 16.7 Å². The Hall–Kier alpha value is -4.17. The fourth-order valence-corrected chi connectivity index (χ4v) is 3.50. The van der Waals surface area contributed by atoms with E-state index in [4.69, 9.17) is 30.6 Å². The van der Waals surface area contributed by atoms with Crippen LogP contribution in [-0.2, 0) is 23.8 Å². The number of allylic oxidation sites excluding steroid dienone is 2. The number of esters is 2. The van der Waals surface area contributed by atoms with Crippen LogP contribution in [0.3, 0.4) is 0 Å². The van der Waals surface area contributed by atoms with Crippen LogP contribution in [0.2, 0.25) is 0 Å². The van der Waals surface area contributed by atoms with Gasteiger partial charge < -0.3 is 25.3 Å². The second kappa shape index (κ2) is 12.3. The molecule has 5 N–H and O–H groups in total. The van der Waals surface area contributed by atoms with Gasteiger partial charge in [0.1, 0.15) is 12.7 Å². The number of hydrogen-bond acceptors (Lipinski definition) is 10. The summed E-state index contributed by atoms with van der Waals surface area (Å²) >= 11 is 0. The number of carbonyl (C=O) groups is 2. The number of dihydropyridines is 1. The van der Waals surface area contributed by atoms with E-state index in [0.717, 1.165) is 0 Å². The van der Waals surface area contributed by atoms with Crippen molar-refractivity contribution in [3.63, 3.8) is 0 Å². The molecular formula is C24H30N6O5. The number of carbonyl (C=O) groups excluding carboxylic acids is 2. The molecule has 0 spiro atoms. The fraction of sp³-hybridized carbons (Fsp3) is 0.375. The van der Waals surface area contributed by atoms with E-state index >= 15 is 0 Å². The van der Waals surface area contributed by atoms with Gasteiger partial charge in [0.05, 0.1) is 35.5 Å². The van der Waals surface area contributed by atoms with E-state index in [9.17, 15) is 9.59 Å². The van der Waals surface area contributed by atoms with Crippen LogP contribution < -0.4 is 16.5 Å². The summed E-state index contributed by atoms with van der Waals surface area (Å²) in [5.74, 6) is -2.44. The summed E-state index contributed by atoms with van der Waals surface area (Å²) in [6.45, 7) is 7.22. The molecule has 186 valence electrons. The number of methoxy groups -OCH3 is 1. The molecular weight excluding hydrogens is 452 g/mol. The molecule has 0 amide bonds. The molecule has 35 heavy (non-hydrogen) atoms. The minimum Gasteiger partial charge on any atom is -0.460 e. The van der Waals surface area contributed by atoms with E-state index in [1.54, 1.807) is 58.0 Å². The topological polar surface area (TPSA) is 172 Å². The number of anilines is 1. The Kier molecular flexibility index (Phi) is 9.54. The molecule has 1 heterocycles. The molecule has 1 aromatic rings. The second-order valence-corrected chi connectivity index (χ2v) is 7.94. The van der Waals surface area contributed by atoms with Gasteiger partial charge in [-0.15, -0.1) is 0 Å². The molecule has 0 radical (unpaired) electrons. The molecule has 0 saturated heterocycles. The smallest absolute Gasteiger partial charge is 0.337 e. The Morgan fingerprint density at radius 2 is 1.89 bits per heavy atom. The van der Waals surface area contributed by atoms with Crippen LogP contribution in [0.25, 0.3) is 0 Å². The Morgan fingerprint density at radius 3 is 2.46 bits per heavy atom. The van der Waals surface area contributed by atoms with Gasteiger partial charge in [0.2, 0.25) is 5.71 Å². The molecule has 2 rings (SSSR count). The van der Waals surface area contributed by atoms with E-state index in [1.807, 2.05) is 0 Å². The SMILES string of the molecule is COCCOC(=O)C1=C(C)NC(C)=C(C(=O)OC(C)C)C1c1cccc(N/N=C(\C#N)C(=N)N)c1. The maximum atomic E-state index is 13.1. The van der Waals surface area contributed by atoms with Crippen LogP contribution in [-0.4, -0.2) is 49.9 Å². The first-order valence-corrected chi connectivity index (χ1v) is 10.8. The van der Waals surface area contributed by atoms with E-state index in [0.29, 0.717) is 22.6 Å². The van der Waals surface area contributed by atoms with Crippen molar-refractivity contribution in [1.29, 1.82) is 10.7 Å². The van der Waals surface area contributed by atoms with Gasteiger partial charge in [0, 0.05) is 18.5 Å². The molecule has 1 aliphatic rings. The van der Waals surface area contributed by atoms with Crippen molar-refractivity contribution < 1.29 is 23.8 Å². The zero-order chi connectivity index (χ0) is 26.1. The molecule has 1 unspecified atom stereocenters. The van der Waals surface area contributed by atoms with Crippen LogP contribution in [0.1, 0.15) is 39.2 Å². The average Bonchev–Trinajstić information content (AvgIpc) is 2.78. The van der Waals surface area contributed by atoms with Gasteiger partial charge in [0.25, 0.3) is 0 Å². The van der Waals surface area contributed by atoms with Crippen LogP contribution in [0.4, 0.5) is 5.69 Å². The molecule has 0 saturated carbocycles. The normalized spacial score (nSPS) is 15.9. The number of nitrogens with one attached hydrogen (secondary N) is 3. The Bertz CT molecular complexity index is 1130. The van der Waals surface area contributed by atoms with Gasteiger partial charge in [-0.25, -0.2) is 9.59 Å². The Labute approximate surface area is 204 Å². The third kappa shape index (κ3) is 6.91. The lowest BCUT2D eigenvalue weighted by Crippen LogP contribution is -2.33. The molecule has 1 aliphatic heterocycles. The average molecular weight is 483 g/mol. The molecule has 1 aromatic carbocycles. The summed E-state index contributed by atoms with van der Waals surface area (Å²) in [6.07, 6.45) is -0.370. The Balaban J connectivity index is 2.58. The maximum absolute atomic E-state index is 13.1. The monoisotopic (exact) mass is 482 g/mol. The van der Waals surface area contributed by atoms with Crippen molar-refractivity contribution in [2.45, 2.75) is 39.7 Å². The third-order valence-electron chi connectivity index (χ3n) is 4.94. The van der Waals surface area contributed by atoms with Crippen molar-refractivity contribution in [2.75, 3.05) is 25.7 Å². The lowest BCUT2D eigenvalue weighted by Gasteiger charge is -2.31. The van der Waals surface area contributed by atoms with E-state index in [2.05, 4.69) is 15.8 Å². The minimum absolute atomic E-state index is 0.0472. The van der Waals surface area contributed by atoms with Crippen molar-refractivity contribution >= 4 is 29.2 Å². The van der Waals surface area contributed by atoms with Gasteiger partial charge in [-0.2, -0.15) is 10.4 Å². The molecule has 0 bridgehead atoms. The number of hydrogen-bond donors (Lipinski definition) is 4. The standard InChI is InChI=1S/C24H30N6O5/c1-13(2)35-24(32)20-15(4)28-14(3)19(23(31)34-10-9-33-5)21(20)16-7-6-8-17(11-16)29-30-18(12-25)22(26)27/h6-8,11,13,21,28-29H,9-10H2,1-5H3,(H3,26,27)/b30-18+. The van der Waals surface area contributed by atoms with Crippen molar-refractivity contribution in [3.05, 3.63) is 52.4 Å². The minimum atomic E-state index is -0.800. The Morgan fingerprint density at radius 1 is 1.23 bits per heavy atom. The van der Waals surface area contributed by atoms with Crippen molar-refractivity contribution in [1.82, 2.24) is 5.32 Å². The summed E-state index contributed by atoms with van der Waals surface area (Å²) < 4.78 is 15.8. The molecule has 1 atom stereocenters. The lowest BCUT2D eigenvalue weighted by atomic mass is 9.80. The first-order valence-electron chi connectivity index (χ1n) is 10.8. The van der Waals surface area contributed by atoms with Gasteiger partial charge in [-0.1, -0.05) is 12.1 Å². The van der Waals surface area contributed by atoms with E-state index in [1.165, 1.54) is 7.11 Å². The van der Waals surface area contributed by atoms with Crippen LogP contribution in [0.5, 0.6) is 0 Å². The predicted molar refractivity (Wildman–Crippen MR) is 130 cm³/mol. The number of nitriles is 1. The summed E-state index contributed by atoms with van der Waals surface area (Å²) in [5.41, 5.74) is 10.4. The maximum Gasteiger partial charge on any atom is 0.337 e. The quantitative estimate of drug-likeness (QED) is 0.128. The highest BCUT2D eigenvalue weighted by atomic mass is 16.6. The summed E-state index contributed by atoms with van der Waals surface area (Å²) in [4.78, 5) is 26.2. The van der Waals surface area contributed by atoms with Crippen LogP contribution in [0.15, 0.2) is 51.9 Å². The van der Waals surface area contributed by atoms with E-state index < -0.39 is 23.7 Å². The predicted octanol–water partition coefficient (Wildman–Crippen LogP) is 2.29. The first kappa shape index (κ1) is 27.1. The highest BCUT2D eigenvalue weighted by molar-refractivity contribution is 6.45. The molecule has 0 fully saturated rings. The number of rotatable bonds is 10. The molecule has 0 aromatic heterocycles. The van der Waals surface area contributed by atoms with Crippen molar-refractivity contribution in [2.24, 2.45) is 10.8 Å². The highest BCUT2D eigenvalue weighted by Crippen LogP contribution is 2.40. The van der Waals surface area contributed by atoms with Gasteiger partial charge in [0.15, 0.2) is 5.84 Å². The molecule has 11 nitrogen and oxygen atoms in total. The summed E-state index contributed by atoms with van der Waals surface area (Å²) in [7, 11) is 1.50. The van der Waals surface area contributed by atoms with Crippen LogP contribution >= 0.6 is 0 Å². The first-order chi connectivity index (χ1) is 16.6. The zero-order valence-electron chi connectivity index (χ0n) is 20.4. The number of hydrazone groups is 1. The summed E-state index contributed by atoms with van der Waals surface area (Å²) in [6, 6.07) is 8.55. The third-order valence-corrected chi connectivity index (χ3v) is 4.94.